The maximum Gasteiger partial charge on any atom is 0.274 e. The molecule has 2 heterocycles. The van der Waals surface area contributed by atoms with E-state index in [0.717, 1.165) is 11.3 Å². The molecule has 0 unspecified atom stereocenters. The molecule has 0 aliphatic heterocycles. The molecule has 0 saturated heterocycles. The van der Waals surface area contributed by atoms with E-state index in [1.165, 1.54) is 6.26 Å². The molecule has 0 bridgehead atoms. The van der Waals surface area contributed by atoms with Crippen LogP contribution in [0.15, 0.2) is 29.0 Å². The van der Waals surface area contributed by atoms with Crippen molar-refractivity contribution in [1.82, 2.24) is 9.97 Å². The van der Waals surface area contributed by atoms with Gasteiger partial charge in [0, 0.05) is 17.5 Å². The summed E-state index contributed by atoms with van der Waals surface area (Å²) in [5.74, 6) is 0.365. The molecule has 0 fully saturated rings. The van der Waals surface area contributed by atoms with Crippen molar-refractivity contribution in [2.75, 3.05) is 0 Å². The van der Waals surface area contributed by atoms with E-state index in [1.807, 2.05) is 13.0 Å². The zero-order valence-corrected chi connectivity index (χ0v) is 8.65. The van der Waals surface area contributed by atoms with E-state index in [2.05, 4.69) is 9.97 Å². The summed E-state index contributed by atoms with van der Waals surface area (Å²) in [5, 5.41) is -0.629. The van der Waals surface area contributed by atoms with Gasteiger partial charge >= 0.3 is 0 Å². The third kappa shape index (κ3) is 2.05. The number of hydrogen-bond acceptors (Lipinski definition) is 4. The summed E-state index contributed by atoms with van der Waals surface area (Å²) in [7, 11) is 0. The van der Waals surface area contributed by atoms with Crippen LogP contribution in [0.5, 0.6) is 0 Å². The highest BCUT2D eigenvalue weighted by Crippen LogP contribution is 2.19. The lowest BCUT2D eigenvalue weighted by molar-refractivity contribution is 0.107. The normalized spacial score (nSPS) is 10.3. The van der Waals surface area contributed by atoms with Gasteiger partial charge in [0.05, 0.1) is 0 Å². The lowest BCUT2D eigenvalue weighted by Crippen LogP contribution is -1.88. The van der Waals surface area contributed by atoms with Gasteiger partial charge in [-0.3, -0.25) is 9.78 Å². The largest absolute Gasteiger partial charge is 0.444 e. The van der Waals surface area contributed by atoms with Gasteiger partial charge in [-0.15, -0.1) is 0 Å². The van der Waals surface area contributed by atoms with Crippen molar-refractivity contribution >= 4 is 16.8 Å². The number of rotatable bonds is 2. The predicted molar refractivity (Wildman–Crippen MR) is 54.7 cm³/mol. The van der Waals surface area contributed by atoms with Gasteiger partial charge < -0.3 is 4.42 Å². The van der Waals surface area contributed by atoms with Crippen molar-refractivity contribution < 1.29 is 9.21 Å². The van der Waals surface area contributed by atoms with Gasteiger partial charge in [0.2, 0.25) is 5.89 Å². The molecule has 76 valence electrons. The fourth-order valence-electron chi connectivity index (χ4n) is 1.18. The summed E-state index contributed by atoms with van der Waals surface area (Å²) < 4.78 is 5.12. The second-order valence-corrected chi connectivity index (χ2v) is 3.34. The monoisotopic (exact) mass is 222 g/mol. The number of nitrogens with zero attached hydrogens (tertiary/aromatic N) is 2. The van der Waals surface area contributed by atoms with Gasteiger partial charge in [0.15, 0.2) is 5.69 Å². The highest BCUT2D eigenvalue weighted by molar-refractivity contribution is 6.67. The molecule has 4 nitrogen and oxygen atoms in total. The number of hydrogen-bond donors (Lipinski definition) is 0. The minimum absolute atomic E-state index is 0.112. The molecular weight excluding hydrogens is 216 g/mol. The minimum atomic E-state index is -0.629. The van der Waals surface area contributed by atoms with Crippen LogP contribution < -0.4 is 0 Å². The van der Waals surface area contributed by atoms with E-state index >= 15 is 0 Å². The van der Waals surface area contributed by atoms with Crippen LogP contribution in [0.25, 0.3) is 11.5 Å². The van der Waals surface area contributed by atoms with Crippen LogP contribution in [0.4, 0.5) is 0 Å². The Bertz CT molecular complexity index is 508. The molecule has 2 rings (SSSR count). The first kappa shape index (κ1) is 9.86. The second kappa shape index (κ2) is 3.82. The van der Waals surface area contributed by atoms with Gasteiger partial charge in [-0.1, -0.05) is 0 Å². The van der Waals surface area contributed by atoms with Crippen molar-refractivity contribution in [2.24, 2.45) is 0 Å². The zero-order chi connectivity index (χ0) is 10.8. The van der Waals surface area contributed by atoms with Crippen molar-refractivity contribution in [1.29, 1.82) is 0 Å². The molecule has 0 aliphatic rings. The van der Waals surface area contributed by atoms with E-state index in [1.54, 1.807) is 12.3 Å². The molecule has 15 heavy (non-hydrogen) atoms. The number of pyridine rings is 1. The van der Waals surface area contributed by atoms with Crippen molar-refractivity contribution in [3.8, 4) is 11.5 Å². The Morgan fingerprint density at radius 2 is 2.33 bits per heavy atom. The average molecular weight is 223 g/mol. The van der Waals surface area contributed by atoms with Crippen LogP contribution in [0.3, 0.4) is 0 Å². The van der Waals surface area contributed by atoms with Crippen LogP contribution in [0.2, 0.25) is 0 Å². The number of carbonyl (C=O) groups is 1. The summed E-state index contributed by atoms with van der Waals surface area (Å²) in [5.41, 5.74) is 1.73. The summed E-state index contributed by atoms with van der Waals surface area (Å²) >= 11 is 5.26. The van der Waals surface area contributed by atoms with E-state index in [-0.39, 0.29) is 5.69 Å². The summed E-state index contributed by atoms with van der Waals surface area (Å²) in [6.07, 6.45) is 2.89. The van der Waals surface area contributed by atoms with E-state index in [4.69, 9.17) is 16.0 Å². The zero-order valence-electron chi connectivity index (χ0n) is 7.90. The lowest BCUT2D eigenvalue weighted by Gasteiger charge is -1.95. The third-order valence-electron chi connectivity index (χ3n) is 1.85. The van der Waals surface area contributed by atoms with Crippen LogP contribution in [0, 0.1) is 6.92 Å². The molecule has 0 aromatic carbocycles. The molecule has 0 saturated carbocycles. The van der Waals surface area contributed by atoms with Crippen LogP contribution in [-0.4, -0.2) is 15.2 Å². The van der Waals surface area contributed by atoms with Gasteiger partial charge in [-0.2, -0.15) is 0 Å². The minimum Gasteiger partial charge on any atom is -0.444 e. The Hall–Kier alpha value is -1.68. The smallest absolute Gasteiger partial charge is 0.274 e. The van der Waals surface area contributed by atoms with Crippen molar-refractivity contribution in [3.05, 3.63) is 36.0 Å². The number of aromatic nitrogens is 2. The fourth-order valence-corrected chi connectivity index (χ4v) is 1.26. The SMILES string of the molecule is Cc1cc(-c2nc(C(=O)Cl)co2)ccn1. The van der Waals surface area contributed by atoms with Crippen molar-refractivity contribution in [2.45, 2.75) is 6.92 Å². The quantitative estimate of drug-likeness (QED) is 0.733. The molecule has 2 aromatic rings. The number of aryl methyl sites for hydroxylation is 1. The van der Waals surface area contributed by atoms with Crippen LogP contribution in [-0.2, 0) is 0 Å². The van der Waals surface area contributed by atoms with Gasteiger partial charge in [0.1, 0.15) is 6.26 Å². The summed E-state index contributed by atoms with van der Waals surface area (Å²) in [4.78, 5) is 18.8. The molecule has 0 aliphatic carbocycles. The molecular formula is C10H7ClN2O2. The Morgan fingerprint density at radius 1 is 1.53 bits per heavy atom. The first-order valence-electron chi connectivity index (χ1n) is 4.25. The first-order valence-corrected chi connectivity index (χ1v) is 4.63. The van der Waals surface area contributed by atoms with Crippen LogP contribution >= 0.6 is 11.6 Å². The van der Waals surface area contributed by atoms with Gasteiger partial charge in [-0.05, 0) is 30.7 Å². The Kier molecular flexibility index (Phi) is 2.51. The Morgan fingerprint density at radius 3 is 2.93 bits per heavy atom. The lowest BCUT2D eigenvalue weighted by atomic mass is 10.2. The van der Waals surface area contributed by atoms with Gasteiger partial charge in [0.25, 0.3) is 5.24 Å². The van der Waals surface area contributed by atoms with Crippen LogP contribution in [0.1, 0.15) is 16.2 Å². The third-order valence-corrected chi connectivity index (χ3v) is 2.04. The Balaban J connectivity index is 2.41. The van der Waals surface area contributed by atoms with E-state index in [0.29, 0.717) is 5.89 Å². The highest BCUT2D eigenvalue weighted by atomic mass is 35.5. The maximum atomic E-state index is 10.8. The fraction of sp³-hybridized carbons (Fsp3) is 0.100. The first-order chi connectivity index (χ1) is 7.16. The molecule has 0 amide bonds. The summed E-state index contributed by atoms with van der Waals surface area (Å²) in [6.45, 7) is 1.86. The summed E-state index contributed by atoms with van der Waals surface area (Å²) in [6, 6.07) is 3.57. The van der Waals surface area contributed by atoms with E-state index < -0.39 is 5.24 Å². The standard InChI is InChI=1S/C10H7ClN2O2/c1-6-4-7(2-3-12-6)10-13-8(5-15-10)9(11)14/h2-5H,1H3. The number of carbonyl (C=O) groups excluding carboxylic acids is 1. The number of halogens is 1. The molecule has 2 aromatic heterocycles. The topological polar surface area (TPSA) is 56.0 Å². The predicted octanol–water partition coefficient (Wildman–Crippen LogP) is 2.42. The number of oxazole rings is 1. The van der Waals surface area contributed by atoms with Gasteiger partial charge in [-0.25, -0.2) is 4.98 Å². The molecule has 0 radical (unpaired) electrons. The van der Waals surface area contributed by atoms with Crippen molar-refractivity contribution in [3.63, 3.8) is 0 Å². The molecule has 0 atom stereocenters. The second-order valence-electron chi connectivity index (χ2n) is 3.00. The van der Waals surface area contributed by atoms with E-state index in [9.17, 15) is 4.79 Å². The molecule has 0 N–H and O–H groups in total. The maximum absolute atomic E-state index is 10.8. The molecule has 5 heteroatoms. The average Bonchev–Trinajstić information content (AvgIpc) is 2.66. The highest BCUT2D eigenvalue weighted by Gasteiger charge is 2.10. The Labute approximate surface area is 90.9 Å². The molecule has 0 spiro atoms.